The van der Waals surface area contributed by atoms with E-state index in [4.69, 9.17) is 0 Å². The predicted molar refractivity (Wildman–Crippen MR) is 77.0 cm³/mol. The average Bonchev–Trinajstić information content (AvgIpc) is 2.98. The standard InChI is InChI=1S/C12H13BrN4S/c1-7-8(2)15-17(9(7)3)11-10(6-13)16-4-5-18-12(16)14-11/h4-5H,6H2,1-3H3. The van der Waals surface area contributed by atoms with Crippen LogP contribution in [0.4, 0.5) is 0 Å². The molecule has 0 N–H and O–H groups in total. The van der Waals surface area contributed by atoms with E-state index >= 15 is 0 Å². The molecule has 94 valence electrons. The van der Waals surface area contributed by atoms with E-state index in [1.54, 1.807) is 11.3 Å². The average molecular weight is 325 g/mol. The lowest BCUT2D eigenvalue weighted by molar-refractivity contribution is 0.803. The first-order chi connectivity index (χ1) is 8.63. The number of rotatable bonds is 2. The highest BCUT2D eigenvalue weighted by molar-refractivity contribution is 9.08. The highest BCUT2D eigenvalue weighted by atomic mass is 79.9. The number of thiazole rings is 1. The number of hydrogen-bond donors (Lipinski definition) is 0. The number of fused-ring (bicyclic) bond motifs is 1. The minimum Gasteiger partial charge on any atom is -0.292 e. The highest BCUT2D eigenvalue weighted by Gasteiger charge is 2.17. The van der Waals surface area contributed by atoms with Gasteiger partial charge in [-0.15, -0.1) is 11.3 Å². The van der Waals surface area contributed by atoms with Gasteiger partial charge in [-0.2, -0.15) is 10.1 Å². The quantitative estimate of drug-likeness (QED) is 0.677. The summed E-state index contributed by atoms with van der Waals surface area (Å²) in [6, 6.07) is 0. The fourth-order valence-corrected chi connectivity index (χ4v) is 3.29. The lowest BCUT2D eigenvalue weighted by Crippen LogP contribution is -2.03. The molecular weight excluding hydrogens is 312 g/mol. The molecule has 0 aliphatic rings. The molecule has 3 heterocycles. The van der Waals surface area contributed by atoms with Crippen molar-refractivity contribution in [2.24, 2.45) is 0 Å². The topological polar surface area (TPSA) is 35.1 Å². The van der Waals surface area contributed by atoms with E-state index in [1.807, 2.05) is 23.2 Å². The molecule has 0 fully saturated rings. The van der Waals surface area contributed by atoms with Gasteiger partial charge in [0.25, 0.3) is 0 Å². The van der Waals surface area contributed by atoms with Gasteiger partial charge < -0.3 is 0 Å². The second-order valence-corrected chi connectivity index (χ2v) is 5.71. The van der Waals surface area contributed by atoms with Crippen molar-refractivity contribution in [3.05, 3.63) is 34.2 Å². The van der Waals surface area contributed by atoms with Crippen LogP contribution in [-0.2, 0) is 5.33 Å². The van der Waals surface area contributed by atoms with Crippen LogP contribution in [0, 0.1) is 20.8 Å². The molecule has 0 aliphatic carbocycles. The molecular formula is C12H13BrN4S. The predicted octanol–water partition coefficient (Wildman–Crippen LogP) is 3.40. The summed E-state index contributed by atoms with van der Waals surface area (Å²) in [5, 5.41) is 7.40. The van der Waals surface area contributed by atoms with E-state index in [0.29, 0.717) is 0 Å². The van der Waals surface area contributed by atoms with Gasteiger partial charge in [0.05, 0.1) is 11.4 Å². The Bertz CT molecular complexity index is 722. The zero-order valence-electron chi connectivity index (χ0n) is 10.4. The van der Waals surface area contributed by atoms with E-state index in [-0.39, 0.29) is 0 Å². The zero-order chi connectivity index (χ0) is 12.9. The SMILES string of the molecule is Cc1nn(-c2nc3sccn3c2CBr)c(C)c1C. The number of nitrogens with zero attached hydrogens (tertiary/aromatic N) is 4. The number of imidazole rings is 1. The number of aryl methyl sites for hydroxylation is 1. The molecule has 0 saturated heterocycles. The summed E-state index contributed by atoms with van der Waals surface area (Å²) in [6.45, 7) is 6.21. The summed E-state index contributed by atoms with van der Waals surface area (Å²) >= 11 is 5.18. The molecule has 0 aliphatic heterocycles. The second-order valence-electron chi connectivity index (χ2n) is 4.28. The molecule has 0 spiro atoms. The summed E-state index contributed by atoms with van der Waals surface area (Å²) in [6.07, 6.45) is 2.05. The van der Waals surface area contributed by atoms with Crippen molar-refractivity contribution < 1.29 is 0 Å². The van der Waals surface area contributed by atoms with Gasteiger partial charge in [-0.3, -0.25) is 4.40 Å². The van der Waals surface area contributed by atoms with Crippen LogP contribution in [0.2, 0.25) is 0 Å². The van der Waals surface area contributed by atoms with Crippen LogP contribution in [0.5, 0.6) is 0 Å². The van der Waals surface area contributed by atoms with E-state index in [9.17, 15) is 0 Å². The van der Waals surface area contributed by atoms with Gasteiger partial charge in [0.15, 0.2) is 10.8 Å². The number of alkyl halides is 1. The first-order valence-electron chi connectivity index (χ1n) is 5.67. The van der Waals surface area contributed by atoms with Crippen molar-refractivity contribution in [3.8, 4) is 5.82 Å². The lowest BCUT2D eigenvalue weighted by atomic mass is 10.2. The van der Waals surface area contributed by atoms with Crippen molar-refractivity contribution in [2.45, 2.75) is 26.1 Å². The van der Waals surface area contributed by atoms with E-state index < -0.39 is 0 Å². The smallest absolute Gasteiger partial charge is 0.195 e. The van der Waals surface area contributed by atoms with Crippen LogP contribution in [0.25, 0.3) is 10.8 Å². The van der Waals surface area contributed by atoms with Crippen LogP contribution in [0.1, 0.15) is 22.6 Å². The zero-order valence-corrected chi connectivity index (χ0v) is 12.8. The maximum atomic E-state index is 4.68. The van der Waals surface area contributed by atoms with Gasteiger partial charge in [-0.25, -0.2) is 4.68 Å². The Balaban J connectivity index is 2.30. The number of aromatic nitrogens is 4. The van der Waals surface area contributed by atoms with Crippen molar-refractivity contribution in [1.29, 1.82) is 0 Å². The van der Waals surface area contributed by atoms with Crippen LogP contribution in [0.15, 0.2) is 11.6 Å². The Morgan fingerprint density at radius 3 is 2.72 bits per heavy atom. The van der Waals surface area contributed by atoms with Crippen molar-refractivity contribution in [1.82, 2.24) is 19.2 Å². The van der Waals surface area contributed by atoms with Gasteiger partial charge in [-0.1, -0.05) is 15.9 Å². The van der Waals surface area contributed by atoms with Gasteiger partial charge in [0, 0.05) is 22.6 Å². The van der Waals surface area contributed by atoms with Gasteiger partial charge >= 0.3 is 0 Å². The molecule has 4 nitrogen and oxygen atoms in total. The Hall–Kier alpha value is -1.14. The second kappa shape index (κ2) is 4.20. The third-order valence-corrected chi connectivity index (χ3v) is 4.61. The third kappa shape index (κ3) is 1.55. The minimum absolute atomic E-state index is 0.762. The molecule has 0 saturated carbocycles. The Morgan fingerprint density at radius 1 is 1.33 bits per heavy atom. The minimum atomic E-state index is 0.762. The fraction of sp³-hybridized carbons (Fsp3) is 0.333. The molecule has 3 aromatic rings. The maximum absolute atomic E-state index is 4.68. The summed E-state index contributed by atoms with van der Waals surface area (Å²) in [5.74, 6) is 0.924. The molecule has 0 atom stereocenters. The highest BCUT2D eigenvalue weighted by Crippen LogP contribution is 2.24. The van der Waals surface area contributed by atoms with Gasteiger partial charge in [0.1, 0.15) is 0 Å². The van der Waals surface area contributed by atoms with Crippen LogP contribution in [0.3, 0.4) is 0 Å². The fourth-order valence-electron chi connectivity index (χ4n) is 2.04. The van der Waals surface area contributed by atoms with Crippen LogP contribution in [-0.4, -0.2) is 19.2 Å². The van der Waals surface area contributed by atoms with Crippen LogP contribution >= 0.6 is 27.3 Å². The van der Waals surface area contributed by atoms with Gasteiger partial charge in [0.2, 0.25) is 0 Å². The summed E-state index contributed by atoms with van der Waals surface area (Å²) < 4.78 is 4.06. The third-order valence-electron chi connectivity index (χ3n) is 3.32. The normalized spacial score (nSPS) is 11.6. The first-order valence-corrected chi connectivity index (χ1v) is 7.67. The summed E-state index contributed by atoms with van der Waals surface area (Å²) in [4.78, 5) is 5.69. The van der Waals surface area contributed by atoms with E-state index in [2.05, 4.69) is 44.3 Å². The largest absolute Gasteiger partial charge is 0.292 e. The Morgan fingerprint density at radius 2 is 2.11 bits per heavy atom. The monoisotopic (exact) mass is 324 g/mol. The lowest BCUT2D eigenvalue weighted by Gasteiger charge is -2.03. The maximum Gasteiger partial charge on any atom is 0.195 e. The Kier molecular flexibility index (Phi) is 2.79. The summed E-state index contributed by atoms with van der Waals surface area (Å²) in [5.41, 5.74) is 4.58. The molecule has 3 aromatic heterocycles. The molecule has 0 unspecified atom stereocenters. The molecule has 0 radical (unpaired) electrons. The van der Waals surface area contributed by atoms with E-state index in [0.717, 1.165) is 33.2 Å². The summed E-state index contributed by atoms with van der Waals surface area (Å²) in [7, 11) is 0. The molecule has 0 aromatic carbocycles. The molecule has 6 heteroatoms. The molecule has 0 amide bonds. The Labute approximate surface area is 117 Å². The molecule has 3 rings (SSSR count). The molecule has 18 heavy (non-hydrogen) atoms. The molecule has 0 bridgehead atoms. The van der Waals surface area contributed by atoms with Gasteiger partial charge in [-0.05, 0) is 26.3 Å². The number of halogens is 1. The van der Waals surface area contributed by atoms with Crippen molar-refractivity contribution in [3.63, 3.8) is 0 Å². The first kappa shape index (κ1) is 11.9. The van der Waals surface area contributed by atoms with Crippen LogP contribution < -0.4 is 0 Å². The van der Waals surface area contributed by atoms with Crippen molar-refractivity contribution in [2.75, 3.05) is 0 Å². The van der Waals surface area contributed by atoms with Crippen molar-refractivity contribution >= 4 is 32.2 Å². The van der Waals surface area contributed by atoms with E-state index in [1.165, 1.54) is 5.56 Å². The number of hydrogen-bond acceptors (Lipinski definition) is 3.